The molecule has 1 heterocycles. The Labute approximate surface area is 121 Å². The number of hydrogen-bond acceptors (Lipinski definition) is 4. The second-order valence-corrected chi connectivity index (χ2v) is 5.89. The van der Waals surface area contributed by atoms with Crippen LogP contribution >= 0.6 is 0 Å². The molecule has 0 saturated heterocycles. The molecule has 0 aliphatic carbocycles. The number of sulfonamides is 1. The predicted molar refractivity (Wildman–Crippen MR) is 77.2 cm³/mol. The first-order valence-corrected chi connectivity index (χ1v) is 7.41. The molecule has 2 aromatic rings. The number of aliphatic carboxylic acids is 1. The van der Waals surface area contributed by atoms with E-state index in [1.54, 1.807) is 19.1 Å². The van der Waals surface area contributed by atoms with E-state index in [1.165, 1.54) is 24.5 Å². The summed E-state index contributed by atoms with van der Waals surface area (Å²) in [5.74, 6) is -0.991. The lowest BCUT2D eigenvalue weighted by Crippen LogP contribution is -2.15. The highest BCUT2D eigenvalue weighted by molar-refractivity contribution is 7.92. The standard InChI is InChI=1S/C13H13N3O4S/c1-9-2-3-10(4-5-12(17)18)8-11(9)21(19,20)16-13-14-6-7-15-13/h2-8H,1H3,(H,17,18)(H2,14,15,16). The van der Waals surface area contributed by atoms with E-state index in [0.29, 0.717) is 11.1 Å². The van der Waals surface area contributed by atoms with E-state index in [-0.39, 0.29) is 10.8 Å². The Hall–Kier alpha value is -2.61. The molecule has 0 atom stereocenters. The fourth-order valence-electron chi connectivity index (χ4n) is 1.68. The van der Waals surface area contributed by atoms with Crippen LogP contribution in [0.4, 0.5) is 5.95 Å². The number of hydrogen-bond donors (Lipinski definition) is 3. The maximum absolute atomic E-state index is 12.3. The van der Waals surface area contributed by atoms with Gasteiger partial charge in [-0.05, 0) is 30.2 Å². The molecular weight excluding hydrogens is 294 g/mol. The van der Waals surface area contributed by atoms with Gasteiger partial charge >= 0.3 is 5.97 Å². The number of aromatic nitrogens is 2. The van der Waals surface area contributed by atoms with Gasteiger partial charge in [-0.15, -0.1) is 0 Å². The minimum atomic E-state index is -3.80. The van der Waals surface area contributed by atoms with Crippen molar-refractivity contribution in [3.05, 3.63) is 47.8 Å². The summed E-state index contributed by atoms with van der Waals surface area (Å²) in [4.78, 5) is 17.0. The molecule has 0 radical (unpaired) electrons. The largest absolute Gasteiger partial charge is 0.478 e. The molecule has 0 fully saturated rings. The lowest BCUT2D eigenvalue weighted by molar-refractivity contribution is -0.131. The van der Waals surface area contributed by atoms with E-state index in [1.807, 2.05) is 0 Å². The molecule has 0 aliphatic rings. The van der Waals surface area contributed by atoms with Gasteiger partial charge in [-0.1, -0.05) is 12.1 Å². The van der Waals surface area contributed by atoms with Crippen LogP contribution in [0.5, 0.6) is 0 Å². The molecule has 2 rings (SSSR count). The summed E-state index contributed by atoms with van der Waals surface area (Å²) >= 11 is 0. The Kier molecular flexibility index (Phi) is 4.08. The molecule has 0 unspecified atom stereocenters. The lowest BCUT2D eigenvalue weighted by Gasteiger charge is -2.09. The van der Waals surface area contributed by atoms with E-state index < -0.39 is 16.0 Å². The van der Waals surface area contributed by atoms with E-state index in [2.05, 4.69) is 14.7 Å². The number of nitrogens with one attached hydrogen (secondary N) is 2. The summed E-state index contributed by atoms with van der Waals surface area (Å²) in [6, 6.07) is 4.65. The van der Waals surface area contributed by atoms with Crippen LogP contribution in [0.3, 0.4) is 0 Å². The molecule has 3 N–H and O–H groups in total. The van der Waals surface area contributed by atoms with Crippen molar-refractivity contribution in [3.63, 3.8) is 0 Å². The van der Waals surface area contributed by atoms with Crippen molar-refractivity contribution in [2.75, 3.05) is 4.72 Å². The normalized spacial score (nSPS) is 11.7. The smallest absolute Gasteiger partial charge is 0.328 e. The number of aromatic amines is 1. The summed E-state index contributed by atoms with van der Waals surface area (Å²) in [6.45, 7) is 1.65. The molecule has 0 aliphatic heterocycles. The van der Waals surface area contributed by atoms with Crippen molar-refractivity contribution in [2.24, 2.45) is 0 Å². The van der Waals surface area contributed by atoms with E-state index >= 15 is 0 Å². The van der Waals surface area contributed by atoms with Gasteiger partial charge in [0, 0.05) is 18.5 Å². The van der Waals surface area contributed by atoms with Gasteiger partial charge in [-0.25, -0.2) is 22.9 Å². The molecule has 110 valence electrons. The summed E-state index contributed by atoms with van der Waals surface area (Å²) in [7, 11) is -3.80. The van der Waals surface area contributed by atoms with E-state index in [0.717, 1.165) is 6.08 Å². The number of carbonyl (C=O) groups is 1. The Morgan fingerprint density at radius 2 is 2.19 bits per heavy atom. The van der Waals surface area contributed by atoms with E-state index in [9.17, 15) is 13.2 Å². The van der Waals surface area contributed by atoms with Crippen LogP contribution in [0, 0.1) is 6.92 Å². The molecule has 0 saturated carbocycles. The van der Waals surface area contributed by atoms with Crippen LogP contribution in [0.25, 0.3) is 6.08 Å². The van der Waals surface area contributed by atoms with Crippen molar-refractivity contribution in [3.8, 4) is 0 Å². The number of nitrogens with zero attached hydrogens (tertiary/aromatic N) is 1. The zero-order valence-electron chi connectivity index (χ0n) is 11.1. The van der Waals surface area contributed by atoms with Crippen LogP contribution in [0.15, 0.2) is 41.6 Å². The van der Waals surface area contributed by atoms with Gasteiger partial charge < -0.3 is 10.1 Å². The van der Waals surface area contributed by atoms with Crippen molar-refractivity contribution in [1.82, 2.24) is 9.97 Å². The number of benzene rings is 1. The SMILES string of the molecule is Cc1ccc(C=CC(=O)O)cc1S(=O)(=O)Nc1ncc[nH]1. The molecule has 7 nitrogen and oxygen atoms in total. The van der Waals surface area contributed by atoms with Gasteiger partial charge in [-0.3, -0.25) is 0 Å². The quantitative estimate of drug-likeness (QED) is 0.727. The molecule has 21 heavy (non-hydrogen) atoms. The van der Waals surface area contributed by atoms with Crippen LogP contribution in [0.2, 0.25) is 0 Å². The number of H-pyrrole nitrogens is 1. The fourth-order valence-corrected chi connectivity index (χ4v) is 2.94. The van der Waals surface area contributed by atoms with Crippen LogP contribution in [-0.2, 0) is 14.8 Å². The maximum Gasteiger partial charge on any atom is 0.328 e. The number of carboxylic acids is 1. The highest BCUT2D eigenvalue weighted by atomic mass is 32.2. The topological polar surface area (TPSA) is 112 Å². The van der Waals surface area contributed by atoms with Crippen molar-refractivity contribution < 1.29 is 18.3 Å². The average molecular weight is 307 g/mol. The van der Waals surface area contributed by atoms with Crippen LogP contribution in [-0.4, -0.2) is 29.5 Å². The Morgan fingerprint density at radius 3 is 2.81 bits per heavy atom. The zero-order chi connectivity index (χ0) is 15.5. The Morgan fingerprint density at radius 1 is 1.43 bits per heavy atom. The summed E-state index contributed by atoms with van der Waals surface area (Å²) in [5, 5.41) is 8.60. The number of carboxylic acid groups (broad SMARTS) is 1. The first kappa shape index (κ1) is 14.8. The second-order valence-electron chi connectivity index (χ2n) is 4.24. The third kappa shape index (κ3) is 3.69. The zero-order valence-corrected chi connectivity index (χ0v) is 11.9. The predicted octanol–water partition coefficient (Wildman–Crippen LogP) is 1.62. The second kappa shape index (κ2) is 5.80. The van der Waals surface area contributed by atoms with Gasteiger partial charge in [0.05, 0.1) is 4.90 Å². The minimum Gasteiger partial charge on any atom is -0.478 e. The molecular formula is C13H13N3O4S. The monoisotopic (exact) mass is 307 g/mol. The summed E-state index contributed by atoms with van der Waals surface area (Å²) < 4.78 is 26.9. The van der Waals surface area contributed by atoms with E-state index in [4.69, 9.17) is 5.11 Å². The lowest BCUT2D eigenvalue weighted by atomic mass is 10.1. The molecule has 0 spiro atoms. The third-order valence-electron chi connectivity index (χ3n) is 2.65. The molecule has 1 aromatic heterocycles. The number of imidazole rings is 1. The van der Waals surface area contributed by atoms with Crippen molar-refractivity contribution in [2.45, 2.75) is 11.8 Å². The maximum atomic E-state index is 12.3. The molecule has 8 heteroatoms. The van der Waals surface area contributed by atoms with Gasteiger partial charge in [0.25, 0.3) is 10.0 Å². The summed E-state index contributed by atoms with van der Waals surface area (Å²) in [5.41, 5.74) is 1.02. The van der Waals surface area contributed by atoms with Gasteiger partial charge in [-0.2, -0.15) is 0 Å². The average Bonchev–Trinajstić information content (AvgIpc) is 2.89. The number of rotatable bonds is 5. The van der Waals surface area contributed by atoms with Crippen molar-refractivity contribution in [1.29, 1.82) is 0 Å². The molecule has 0 amide bonds. The third-order valence-corrected chi connectivity index (χ3v) is 4.13. The first-order valence-electron chi connectivity index (χ1n) is 5.92. The summed E-state index contributed by atoms with van der Waals surface area (Å²) in [6.07, 6.45) is 5.20. The van der Waals surface area contributed by atoms with Gasteiger partial charge in [0.2, 0.25) is 5.95 Å². The fraction of sp³-hybridized carbons (Fsp3) is 0.0769. The van der Waals surface area contributed by atoms with Gasteiger partial charge in [0.1, 0.15) is 0 Å². The Bertz CT molecular complexity index is 780. The number of anilines is 1. The van der Waals surface area contributed by atoms with Gasteiger partial charge in [0.15, 0.2) is 0 Å². The van der Waals surface area contributed by atoms with Crippen LogP contribution < -0.4 is 4.72 Å². The Balaban J connectivity index is 2.38. The first-order chi connectivity index (χ1) is 9.88. The highest BCUT2D eigenvalue weighted by Gasteiger charge is 2.18. The molecule has 1 aromatic carbocycles. The number of aryl methyl sites for hydroxylation is 1. The minimum absolute atomic E-state index is 0.0615. The highest BCUT2D eigenvalue weighted by Crippen LogP contribution is 2.20. The molecule has 0 bridgehead atoms. The van der Waals surface area contributed by atoms with Crippen LogP contribution in [0.1, 0.15) is 11.1 Å². The van der Waals surface area contributed by atoms with Crippen molar-refractivity contribution >= 4 is 28.0 Å².